The van der Waals surface area contributed by atoms with Crippen molar-refractivity contribution < 1.29 is 4.79 Å². The summed E-state index contributed by atoms with van der Waals surface area (Å²) in [6, 6.07) is 19.4. The first kappa shape index (κ1) is 23.3. The van der Waals surface area contributed by atoms with Crippen LogP contribution in [0.1, 0.15) is 35.5 Å². The summed E-state index contributed by atoms with van der Waals surface area (Å²) < 4.78 is 3.21. The summed E-state index contributed by atoms with van der Waals surface area (Å²) >= 11 is 0. The van der Waals surface area contributed by atoms with E-state index in [1.54, 1.807) is 30.0 Å². The fourth-order valence-corrected chi connectivity index (χ4v) is 3.91. The van der Waals surface area contributed by atoms with Crippen LogP contribution in [-0.4, -0.2) is 25.1 Å². The van der Waals surface area contributed by atoms with Gasteiger partial charge in [-0.25, -0.2) is 9.50 Å². The molecule has 0 aliphatic carbocycles. The van der Waals surface area contributed by atoms with E-state index in [1.807, 2.05) is 48.5 Å². The molecule has 0 saturated heterocycles. The van der Waals surface area contributed by atoms with Gasteiger partial charge in [0.15, 0.2) is 11.5 Å². The van der Waals surface area contributed by atoms with Crippen molar-refractivity contribution >= 4 is 28.1 Å². The maximum absolute atomic E-state index is 13.1. The van der Waals surface area contributed by atoms with E-state index in [9.17, 15) is 9.59 Å². The molecule has 0 aliphatic rings. The van der Waals surface area contributed by atoms with Gasteiger partial charge in [0.2, 0.25) is 0 Å². The van der Waals surface area contributed by atoms with Crippen molar-refractivity contribution in [2.45, 2.75) is 20.3 Å². The molecule has 5 rings (SSSR count). The van der Waals surface area contributed by atoms with Gasteiger partial charge < -0.3 is 11.5 Å². The maximum atomic E-state index is 13.1. The minimum Gasteiger partial charge on any atom is -0.381 e. The Balaban J connectivity index is 0.000000189. The average molecular weight is 465 g/mol. The van der Waals surface area contributed by atoms with E-state index < -0.39 is 5.91 Å². The summed E-state index contributed by atoms with van der Waals surface area (Å²) in [5.74, 6) is 5.42. The van der Waals surface area contributed by atoms with E-state index >= 15 is 0 Å². The monoisotopic (exact) mass is 464 g/mol. The smallest absolute Gasteiger partial charge is 0.264 e. The number of aryl methyl sites for hydroxylation is 1. The first-order valence-corrected chi connectivity index (χ1v) is 11.0. The number of anilines is 1. The zero-order valence-corrected chi connectivity index (χ0v) is 19.4. The molecule has 0 unspecified atom stereocenters. The third-order valence-corrected chi connectivity index (χ3v) is 5.43. The van der Waals surface area contributed by atoms with Gasteiger partial charge in [-0.3, -0.25) is 14.2 Å². The molecule has 174 valence electrons. The van der Waals surface area contributed by atoms with Crippen LogP contribution in [0.2, 0.25) is 0 Å². The number of carbonyl (C=O) groups excluding carboxylic acids is 1. The number of hydrogen-bond donors (Lipinski definition) is 2. The summed E-state index contributed by atoms with van der Waals surface area (Å²) in [6.45, 7) is 3.85. The SMILES string of the molecule is CC#Cc1cccc2cc(CC)n(-c3ccccc3)c(=O)c12.NC(=O)c1c(N)nn2cccnc12. The van der Waals surface area contributed by atoms with Crippen LogP contribution in [-0.2, 0) is 6.42 Å². The lowest BCUT2D eigenvalue weighted by Crippen LogP contribution is -2.22. The number of benzene rings is 2. The van der Waals surface area contributed by atoms with Gasteiger partial charge in [-0.2, -0.15) is 0 Å². The zero-order valence-electron chi connectivity index (χ0n) is 19.4. The van der Waals surface area contributed by atoms with Crippen molar-refractivity contribution in [3.05, 3.63) is 100 Å². The predicted octanol–water partition coefficient (Wildman–Crippen LogP) is 3.33. The molecule has 0 aliphatic heterocycles. The quantitative estimate of drug-likeness (QED) is 0.397. The highest BCUT2D eigenvalue weighted by atomic mass is 16.1. The Morgan fingerprint density at radius 2 is 1.86 bits per heavy atom. The van der Waals surface area contributed by atoms with E-state index in [-0.39, 0.29) is 16.9 Å². The number of para-hydroxylation sites is 1. The van der Waals surface area contributed by atoms with Gasteiger partial charge in [-0.15, -0.1) is 11.0 Å². The van der Waals surface area contributed by atoms with Gasteiger partial charge in [0, 0.05) is 29.3 Å². The van der Waals surface area contributed by atoms with Gasteiger partial charge in [0.05, 0.1) is 5.39 Å². The number of nitrogens with two attached hydrogens (primary N) is 2. The summed E-state index contributed by atoms with van der Waals surface area (Å²) in [6.07, 6.45) is 3.98. The highest BCUT2D eigenvalue weighted by Crippen LogP contribution is 2.19. The summed E-state index contributed by atoms with van der Waals surface area (Å²) in [5, 5.41) is 5.51. The Bertz CT molecular complexity index is 1660. The van der Waals surface area contributed by atoms with E-state index in [1.165, 1.54) is 4.52 Å². The van der Waals surface area contributed by atoms with Crippen molar-refractivity contribution in [1.29, 1.82) is 0 Å². The number of carbonyl (C=O) groups is 1. The number of nitrogen functional groups attached to an aromatic ring is 1. The summed E-state index contributed by atoms with van der Waals surface area (Å²) in [4.78, 5) is 28.0. The normalized spacial score (nSPS) is 10.3. The second kappa shape index (κ2) is 9.93. The molecule has 0 bridgehead atoms. The van der Waals surface area contributed by atoms with Gasteiger partial charge in [-0.05, 0) is 49.1 Å². The first-order valence-electron chi connectivity index (χ1n) is 11.0. The molecule has 0 fully saturated rings. The Labute approximate surface area is 201 Å². The molecule has 8 nitrogen and oxygen atoms in total. The Kier molecular flexibility index (Phi) is 6.60. The molecule has 0 spiro atoms. The fourth-order valence-electron chi connectivity index (χ4n) is 3.91. The zero-order chi connectivity index (χ0) is 24.9. The number of pyridine rings is 1. The van der Waals surface area contributed by atoms with Crippen molar-refractivity contribution in [1.82, 2.24) is 19.2 Å². The van der Waals surface area contributed by atoms with Gasteiger partial charge >= 0.3 is 0 Å². The van der Waals surface area contributed by atoms with E-state index in [0.29, 0.717) is 11.0 Å². The number of hydrogen-bond acceptors (Lipinski definition) is 5. The van der Waals surface area contributed by atoms with Gasteiger partial charge in [0.1, 0.15) is 5.56 Å². The molecule has 4 N–H and O–H groups in total. The highest BCUT2D eigenvalue weighted by molar-refractivity contribution is 6.03. The molecule has 0 atom stereocenters. The van der Waals surface area contributed by atoms with Crippen LogP contribution >= 0.6 is 0 Å². The molecule has 8 heteroatoms. The van der Waals surface area contributed by atoms with Gasteiger partial charge in [-0.1, -0.05) is 43.2 Å². The Morgan fingerprint density at radius 3 is 2.54 bits per heavy atom. The molecule has 5 aromatic rings. The number of rotatable bonds is 3. The largest absolute Gasteiger partial charge is 0.381 e. The van der Waals surface area contributed by atoms with Crippen LogP contribution in [0.15, 0.2) is 77.9 Å². The topological polar surface area (TPSA) is 121 Å². The van der Waals surface area contributed by atoms with Crippen LogP contribution in [0, 0.1) is 11.8 Å². The van der Waals surface area contributed by atoms with E-state index in [2.05, 4.69) is 34.9 Å². The Hall–Kier alpha value is -4.90. The number of aromatic nitrogens is 4. The second-order valence-corrected chi connectivity index (χ2v) is 7.62. The number of nitrogens with zero attached hydrogens (tertiary/aromatic N) is 4. The minimum atomic E-state index is -0.619. The lowest BCUT2D eigenvalue weighted by atomic mass is 10.0. The van der Waals surface area contributed by atoms with Crippen molar-refractivity contribution in [3.8, 4) is 17.5 Å². The fraction of sp³-hybridized carbons (Fsp3) is 0.111. The van der Waals surface area contributed by atoms with E-state index in [4.69, 9.17) is 11.5 Å². The third kappa shape index (κ3) is 4.48. The first-order chi connectivity index (χ1) is 17.0. The molecule has 1 amide bonds. The third-order valence-electron chi connectivity index (χ3n) is 5.43. The summed E-state index contributed by atoms with van der Waals surface area (Å²) in [7, 11) is 0. The van der Waals surface area contributed by atoms with Crippen LogP contribution in [0.5, 0.6) is 0 Å². The second-order valence-electron chi connectivity index (χ2n) is 7.62. The van der Waals surface area contributed by atoms with Gasteiger partial charge in [0.25, 0.3) is 11.5 Å². The number of amides is 1. The number of primary amides is 1. The Morgan fingerprint density at radius 1 is 1.09 bits per heavy atom. The van der Waals surface area contributed by atoms with Crippen LogP contribution in [0.25, 0.3) is 22.1 Å². The highest BCUT2D eigenvalue weighted by Gasteiger charge is 2.15. The summed E-state index contributed by atoms with van der Waals surface area (Å²) in [5.41, 5.74) is 13.8. The molecular weight excluding hydrogens is 440 g/mol. The molecule has 0 radical (unpaired) electrons. The van der Waals surface area contributed by atoms with Crippen molar-refractivity contribution in [2.75, 3.05) is 5.73 Å². The maximum Gasteiger partial charge on any atom is 0.264 e. The standard InChI is InChI=1S/C20H17NO.C7H7N5O/c1-3-9-15-10-8-11-16-14-17(4-2)21(20(22)19(15)16)18-12-6-5-7-13-18;8-5-4(6(9)13)7-10-2-1-3-12(7)11-5/h5-8,10-14H,4H2,1-2H3;1-3H,(H2,8,11)(H2,9,13). The van der Waals surface area contributed by atoms with Crippen molar-refractivity contribution in [3.63, 3.8) is 0 Å². The van der Waals surface area contributed by atoms with Crippen LogP contribution in [0.3, 0.4) is 0 Å². The molecule has 3 heterocycles. The molecule has 3 aromatic heterocycles. The molecule has 2 aromatic carbocycles. The van der Waals surface area contributed by atoms with Crippen molar-refractivity contribution in [2.24, 2.45) is 5.73 Å². The van der Waals surface area contributed by atoms with Crippen LogP contribution < -0.4 is 17.0 Å². The predicted molar refractivity (Wildman–Crippen MR) is 137 cm³/mol. The minimum absolute atomic E-state index is 0.00102. The molecule has 35 heavy (non-hydrogen) atoms. The lowest BCUT2D eigenvalue weighted by molar-refractivity contribution is 0.100. The molecule has 0 saturated carbocycles. The lowest BCUT2D eigenvalue weighted by Gasteiger charge is -2.14. The number of fused-ring (bicyclic) bond motifs is 2. The van der Waals surface area contributed by atoms with Crippen LogP contribution in [0.4, 0.5) is 5.82 Å². The average Bonchev–Trinajstić information content (AvgIpc) is 3.21. The van der Waals surface area contributed by atoms with E-state index in [0.717, 1.165) is 28.8 Å². The molecular formula is C27H24N6O2.